The van der Waals surface area contributed by atoms with E-state index >= 15 is 0 Å². The van der Waals surface area contributed by atoms with E-state index in [1.54, 1.807) is 0 Å². The molecule has 24 heavy (non-hydrogen) atoms. The molecule has 0 bridgehead atoms. The Morgan fingerprint density at radius 1 is 1.29 bits per heavy atom. The van der Waals surface area contributed by atoms with E-state index in [1.165, 1.54) is 6.42 Å². The van der Waals surface area contributed by atoms with E-state index in [9.17, 15) is 9.90 Å². The topological polar surface area (TPSA) is 70.6 Å². The van der Waals surface area contributed by atoms with Crippen molar-refractivity contribution in [2.45, 2.75) is 57.0 Å². The molecule has 5 heteroatoms. The lowest BCUT2D eigenvalue weighted by Crippen LogP contribution is -2.49. The molecule has 1 saturated carbocycles. The van der Waals surface area contributed by atoms with E-state index in [1.807, 2.05) is 25.1 Å². The maximum Gasteiger partial charge on any atom is 0.315 e. The van der Waals surface area contributed by atoms with Crippen molar-refractivity contribution in [3.63, 3.8) is 0 Å². The number of hydrogen-bond acceptors (Lipinski definition) is 3. The Hall–Kier alpha value is -1.75. The zero-order valence-electron chi connectivity index (χ0n) is 14.3. The van der Waals surface area contributed by atoms with E-state index in [2.05, 4.69) is 16.7 Å². The molecule has 132 valence electrons. The van der Waals surface area contributed by atoms with E-state index in [-0.39, 0.29) is 36.6 Å². The molecule has 2 amide bonds. The van der Waals surface area contributed by atoms with Gasteiger partial charge in [0.25, 0.3) is 0 Å². The zero-order chi connectivity index (χ0) is 16.9. The number of urea groups is 1. The molecular weight excluding hydrogens is 304 g/mol. The Labute approximate surface area is 143 Å². The molecule has 1 aliphatic carbocycles. The summed E-state index contributed by atoms with van der Waals surface area (Å²) in [6.45, 7) is 2.76. The highest BCUT2D eigenvalue weighted by Crippen LogP contribution is 2.35. The van der Waals surface area contributed by atoms with Crippen molar-refractivity contribution in [3.8, 4) is 5.75 Å². The first-order valence-electron chi connectivity index (χ1n) is 9.08. The van der Waals surface area contributed by atoms with Crippen molar-refractivity contribution in [2.24, 2.45) is 5.92 Å². The van der Waals surface area contributed by atoms with E-state index in [0.717, 1.165) is 37.0 Å². The van der Waals surface area contributed by atoms with Gasteiger partial charge in [0.15, 0.2) is 0 Å². The van der Waals surface area contributed by atoms with Gasteiger partial charge in [-0.15, -0.1) is 0 Å². The van der Waals surface area contributed by atoms with Crippen LogP contribution in [0, 0.1) is 5.92 Å². The van der Waals surface area contributed by atoms with Gasteiger partial charge >= 0.3 is 6.03 Å². The van der Waals surface area contributed by atoms with Crippen LogP contribution >= 0.6 is 0 Å². The summed E-state index contributed by atoms with van der Waals surface area (Å²) in [5, 5.41) is 15.7. The predicted octanol–water partition coefficient (Wildman–Crippen LogP) is 2.79. The molecule has 1 fully saturated rings. The van der Waals surface area contributed by atoms with E-state index in [4.69, 9.17) is 4.74 Å². The van der Waals surface area contributed by atoms with Crippen LogP contribution in [0.1, 0.15) is 50.5 Å². The van der Waals surface area contributed by atoms with Crippen LogP contribution in [0.25, 0.3) is 0 Å². The Morgan fingerprint density at radius 2 is 2.08 bits per heavy atom. The highest BCUT2D eigenvalue weighted by atomic mass is 16.5. The van der Waals surface area contributed by atoms with Crippen LogP contribution in [-0.2, 0) is 0 Å². The molecule has 4 atom stereocenters. The Bertz CT molecular complexity index is 563. The van der Waals surface area contributed by atoms with Crippen molar-refractivity contribution in [2.75, 3.05) is 13.2 Å². The van der Waals surface area contributed by atoms with Crippen LogP contribution in [0.2, 0.25) is 0 Å². The summed E-state index contributed by atoms with van der Waals surface area (Å²) in [5.74, 6) is 1.26. The van der Waals surface area contributed by atoms with Gasteiger partial charge in [-0.05, 0) is 25.8 Å². The fourth-order valence-electron chi connectivity index (χ4n) is 3.91. The van der Waals surface area contributed by atoms with Gasteiger partial charge < -0.3 is 20.5 Å². The van der Waals surface area contributed by atoms with Gasteiger partial charge in [0.05, 0.1) is 6.61 Å². The van der Waals surface area contributed by atoms with Crippen LogP contribution in [0.4, 0.5) is 4.79 Å². The van der Waals surface area contributed by atoms with E-state index in [0.29, 0.717) is 6.61 Å². The van der Waals surface area contributed by atoms with Gasteiger partial charge in [-0.2, -0.15) is 0 Å². The highest BCUT2D eigenvalue weighted by Gasteiger charge is 2.30. The number of aliphatic hydroxyl groups is 1. The van der Waals surface area contributed by atoms with Crippen LogP contribution in [0.5, 0.6) is 5.75 Å². The first-order valence-corrected chi connectivity index (χ1v) is 9.08. The van der Waals surface area contributed by atoms with Crippen LogP contribution in [0.3, 0.4) is 0 Å². The molecule has 0 saturated heterocycles. The molecule has 1 aromatic rings. The molecule has 5 nitrogen and oxygen atoms in total. The molecule has 2 aliphatic rings. The minimum Gasteiger partial charge on any atom is -0.493 e. The summed E-state index contributed by atoms with van der Waals surface area (Å²) >= 11 is 0. The van der Waals surface area contributed by atoms with E-state index < -0.39 is 0 Å². The molecule has 3 N–H and O–H groups in total. The fraction of sp³-hybridized carbons (Fsp3) is 0.632. The van der Waals surface area contributed by atoms with Gasteiger partial charge in [-0.1, -0.05) is 37.5 Å². The highest BCUT2D eigenvalue weighted by molar-refractivity contribution is 5.74. The largest absolute Gasteiger partial charge is 0.493 e. The Kier molecular flexibility index (Phi) is 5.61. The smallest absolute Gasteiger partial charge is 0.315 e. The van der Waals surface area contributed by atoms with Crippen molar-refractivity contribution < 1.29 is 14.6 Å². The monoisotopic (exact) mass is 332 g/mol. The lowest BCUT2D eigenvalue weighted by Gasteiger charge is -2.27. The van der Waals surface area contributed by atoms with Crippen LogP contribution in [-0.4, -0.2) is 36.4 Å². The molecular formula is C19H28N2O3. The summed E-state index contributed by atoms with van der Waals surface area (Å²) < 4.78 is 5.71. The van der Waals surface area contributed by atoms with Crippen LogP contribution < -0.4 is 15.4 Å². The standard InChI is InChI=1S/C19H28N2O3/c1-13(16-12-24-18-10-6-5-8-15(16)18)20-19(23)21-17-9-4-2-3-7-14(17)11-22/h5-6,8,10,13-14,16-17,22H,2-4,7,9,11-12H2,1H3,(H2,20,21,23). The number of hydrogen-bond donors (Lipinski definition) is 3. The average molecular weight is 332 g/mol. The first kappa shape index (κ1) is 17.1. The summed E-state index contributed by atoms with van der Waals surface area (Å²) in [6, 6.07) is 7.93. The Morgan fingerprint density at radius 3 is 2.92 bits per heavy atom. The number of nitrogens with one attached hydrogen (secondary N) is 2. The third-order valence-electron chi connectivity index (χ3n) is 5.41. The number of rotatable bonds is 4. The summed E-state index contributed by atoms with van der Waals surface area (Å²) in [4.78, 5) is 12.4. The number of ether oxygens (including phenoxy) is 1. The fourth-order valence-corrected chi connectivity index (χ4v) is 3.91. The number of aliphatic hydroxyl groups excluding tert-OH is 1. The molecule has 0 aromatic heterocycles. The number of carbonyl (C=O) groups excluding carboxylic acids is 1. The lowest BCUT2D eigenvalue weighted by atomic mass is 9.94. The summed E-state index contributed by atoms with van der Waals surface area (Å²) in [6.07, 6.45) is 5.37. The quantitative estimate of drug-likeness (QED) is 0.743. The van der Waals surface area contributed by atoms with Gasteiger partial charge in [-0.3, -0.25) is 0 Å². The summed E-state index contributed by atoms with van der Waals surface area (Å²) in [7, 11) is 0. The zero-order valence-corrected chi connectivity index (χ0v) is 14.3. The van der Waals surface area contributed by atoms with Crippen molar-refractivity contribution in [1.82, 2.24) is 10.6 Å². The predicted molar refractivity (Wildman–Crippen MR) is 93.3 cm³/mol. The molecule has 0 spiro atoms. The van der Waals surface area contributed by atoms with Crippen LogP contribution in [0.15, 0.2) is 24.3 Å². The van der Waals surface area contributed by atoms with Crippen molar-refractivity contribution in [3.05, 3.63) is 29.8 Å². The minimum atomic E-state index is -0.141. The van der Waals surface area contributed by atoms with Crippen molar-refractivity contribution >= 4 is 6.03 Å². The van der Waals surface area contributed by atoms with Gasteiger partial charge in [-0.25, -0.2) is 4.79 Å². The maximum absolute atomic E-state index is 12.4. The lowest BCUT2D eigenvalue weighted by molar-refractivity contribution is 0.177. The SMILES string of the molecule is CC(NC(=O)NC1CCCCCC1CO)C1COc2ccccc21. The third kappa shape index (κ3) is 3.83. The normalized spacial score (nSPS) is 27.5. The average Bonchev–Trinajstić information content (AvgIpc) is 2.89. The molecule has 1 heterocycles. The molecule has 0 radical (unpaired) electrons. The molecule has 3 rings (SSSR count). The molecule has 1 aromatic carbocycles. The van der Waals surface area contributed by atoms with Gasteiger partial charge in [0, 0.05) is 36.1 Å². The molecule has 1 aliphatic heterocycles. The maximum atomic E-state index is 12.4. The second kappa shape index (κ2) is 7.88. The first-order chi connectivity index (χ1) is 11.7. The second-order valence-corrected chi connectivity index (χ2v) is 7.05. The number of fused-ring (bicyclic) bond motifs is 1. The second-order valence-electron chi connectivity index (χ2n) is 7.05. The Balaban J connectivity index is 1.56. The minimum absolute atomic E-state index is 0.00740. The molecule has 4 unspecified atom stereocenters. The third-order valence-corrected chi connectivity index (χ3v) is 5.41. The summed E-state index contributed by atoms with van der Waals surface area (Å²) in [5.41, 5.74) is 1.16. The number of para-hydroxylation sites is 1. The van der Waals surface area contributed by atoms with Gasteiger partial charge in [0.2, 0.25) is 0 Å². The van der Waals surface area contributed by atoms with Crippen molar-refractivity contribution in [1.29, 1.82) is 0 Å². The van der Waals surface area contributed by atoms with Gasteiger partial charge in [0.1, 0.15) is 5.75 Å². The number of benzene rings is 1. The number of amides is 2. The number of carbonyl (C=O) groups is 1.